The van der Waals surface area contributed by atoms with Gasteiger partial charge in [-0.15, -0.1) is 11.8 Å². The van der Waals surface area contributed by atoms with Gasteiger partial charge in [-0.25, -0.2) is 4.98 Å². The minimum absolute atomic E-state index is 0.0335. The Bertz CT molecular complexity index is 1090. The number of pyridine rings is 1. The first-order valence-electron chi connectivity index (χ1n) is 10.2. The van der Waals surface area contributed by atoms with Gasteiger partial charge in [-0.1, -0.05) is 26.8 Å². The lowest BCUT2D eigenvalue weighted by Crippen LogP contribution is -2.21. The van der Waals surface area contributed by atoms with Crippen molar-refractivity contribution in [2.45, 2.75) is 39.1 Å². The monoisotopic (exact) mass is 439 g/mol. The molecule has 31 heavy (non-hydrogen) atoms. The Morgan fingerprint density at radius 1 is 1.13 bits per heavy atom. The van der Waals surface area contributed by atoms with E-state index in [-0.39, 0.29) is 11.0 Å². The van der Waals surface area contributed by atoms with Crippen LogP contribution in [0.1, 0.15) is 32.2 Å². The van der Waals surface area contributed by atoms with Gasteiger partial charge in [0.25, 0.3) is 5.56 Å². The molecule has 3 rings (SSSR count). The van der Waals surface area contributed by atoms with Crippen molar-refractivity contribution >= 4 is 11.8 Å². The van der Waals surface area contributed by atoms with Gasteiger partial charge in [-0.05, 0) is 43.0 Å². The molecule has 2 heterocycles. The summed E-state index contributed by atoms with van der Waals surface area (Å²) in [6, 6.07) is 11.5. The molecule has 6 nitrogen and oxygen atoms in total. The minimum Gasteiger partial charge on any atom is -0.493 e. The Morgan fingerprint density at radius 2 is 1.94 bits per heavy atom. The van der Waals surface area contributed by atoms with E-state index in [9.17, 15) is 4.79 Å². The summed E-state index contributed by atoms with van der Waals surface area (Å²) in [5.41, 5.74) is 2.59. The molecular formula is C24H29N3O3S. The molecule has 0 fully saturated rings. The predicted octanol–water partition coefficient (Wildman–Crippen LogP) is 4.70. The van der Waals surface area contributed by atoms with E-state index in [1.165, 1.54) is 11.8 Å². The van der Waals surface area contributed by atoms with Crippen LogP contribution in [0.5, 0.6) is 11.5 Å². The summed E-state index contributed by atoms with van der Waals surface area (Å²) in [6.07, 6.45) is 4.08. The molecule has 2 aromatic heterocycles. The molecule has 0 atom stereocenters. The van der Waals surface area contributed by atoms with E-state index in [1.807, 2.05) is 43.3 Å². The molecule has 164 valence electrons. The maximum Gasteiger partial charge on any atom is 0.287 e. The van der Waals surface area contributed by atoms with Crippen LogP contribution in [0.3, 0.4) is 0 Å². The first-order chi connectivity index (χ1) is 14.8. The summed E-state index contributed by atoms with van der Waals surface area (Å²) < 4.78 is 13.0. The third-order valence-corrected chi connectivity index (χ3v) is 5.40. The van der Waals surface area contributed by atoms with Crippen LogP contribution < -0.4 is 15.0 Å². The number of nitrogens with zero attached hydrogens (tertiary/aromatic N) is 3. The van der Waals surface area contributed by atoms with Gasteiger partial charge < -0.3 is 9.47 Å². The first kappa shape index (κ1) is 22.9. The number of thioether (sulfide) groups is 1. The molecule has 0 N–H and O–H groups in total. The fraction of sp³-hybridized carbons (Fsp3) is 0.375. The maximum absolute atomic E-state index is 13.0. The van der Waals surface area contributed by atoms with Crippen molar-refractivity contribution in [2.24, 2.45) is 5.41 Å². The van der Waals surface area contributed by atoms with E-state index in [0.29, 0.717) is 28.8 Å². The number of hydrogen-bond donors (Lipinski definition) is 0. The number of aromatic nitrogens is 3. The van der Waals surface area contributed by atoms with Gasteiger partial charge in [0.05, 0.1) is 19.4 Å². The SMILES string of the molecule is COc1cc(-n2ccnc(SCCc3cccc(C)n3)c2=O)ccc1OCC(C)(C)C. The Labute approximate surface area is 187 Å². The van der Waals surface area contributed by atoms with Gasteiger partial charge in [-0.2, -0.15) is 0 Å². The molecule has 0 aliphatic heterocycles. The normalized spacial score (nSPS) is 11.4. The highest BCUT2D eigenvalue weighted by Crippen LogP contribution is 2.30. The second-order valence-corrected chi connectivity index (χ2v) is 9.54. The lowest BCUT2D eigenvalue weighted by Gasteiger charge is -2.20. The van der Waals surface area contributed by atoms with Crippen molar-refractivity contribution < 1.29 is 9.47 Å². The average Bonchev–Trinajstić information content (AvgIpc) is 2.73. The molecule has 0 saturated heterocycles. The fourth-order valence-corrected chi connectivity index (χ4v) is 3.77. The van der Waals surface area contributed by atoms with Gasteiger partial charge in [0.15, 0.2) is 16.5 Å². The Hall–Kier alpha value is -2.80. The van der Waals surface area contributed by atoms with Crippen LogP contribution >= 0.6 is 11.8 Å². The van der Waals surface area contributed by atoms with Crippen LogP contribution in [0.2, 0.25) is 0 Å². The Morgan fingerprint density at radius 3 is 2.65 bits per heavy atom. The number of methoxy groups -OCH3 is 1. The van der Waals surface area contributed by atoms with E-state index in [4.69, 9.17) is 9.47 Å². The van der Waals surface area contributed by atoms with Gasteiger partial charge in [0, 0.05) is 35.6 Å². The van der Waals surface area contributed by atoms with Crippen molar-refractivity contribution in [3.63, 3.8) is 0 Å². The van der Waals surface area contributed by atoms with Gasteiger partial charge >= 0.3 is 0 Å². The van der Waals surface area contributed by atoms with Crippen LogP contribution in [0.4, 0.5) is 0 Å². The molecule has 3 aromatic rings. The minimum atomic E-state index is -0.157. The highest BCUT2D eigenvalue weighted by atomic mass is 32.2. The lowest BCUT2D eigenvalue weighted by molar-refractivity contribution is 0.191. The molecule has 0 aliphatic carbocycles. The molecule has 0 bridgehead atoms. The Balaban J connectivity index is 1.76. The smallest absolute Gasteiger partial charge is 0.287 e. The van der Waals surface area contributed by atoms with Crippen molar-refractivity contribution in [1.82, 2.24) is 14.5 Å². The van der Waals surface area contributed by atoms with Crippen molar-refractivity contribution in [1.29, 1.82) is 0 Å². The second-order valence-electron chi connectivity index (χ2n) is 8.46. The topological polar surface area (TPSA) is 66.2 Å². The summed E-state index contributed by atoms with van der Waals surface area (Å²) in [5, 5.41) is 0.460. The van der Waals surface area contributed by atoms with Crippen LogP contribution in [0.25, 0.3) is 5.69 Å². The van der Waals surface area contributed by atoms with Crippen LogP contribution in [-0.2, 0) is 6.42 Å². The lowest BCUT2D eigenvalue weighted by atomic mass is 9.99. The molecule has 7 heteroatoms. The van der Waals surface area contributed by atoms with Crippen LogP contribution in [-0.4, -0.2) is 34.0 Å². The molecule has 0 amide bonds. The highest BCUT2D eigenvalue weighted by molar-refractivity contribution is 7.99. The van der Waals surface area contributed by atoms with Crippen molar-refractivity contribution in [3.05, 3.63) is 70.5 Å². The maximum atomic E-state index is 13.0. The highest BCUT2D eigenvalue weighted by Gasteiger charge is 2.15. The second kappa shape index (κ2) is 10.0. The zero-order chi connectivity index (χ0) is 22.4. The van der Waals surface area contributed by atoms with E-state index < -0.39 is 0 Å². The van der Waals surface area contributed by atoms with Gasteiger partial charge in [0.2, 0.25) is 0 Å². The molecule has 0 saturated carbocycles. The summed E-state index contributed by atoms with van der Waals surface area (Å²) in [7, 11) is 1.60. The quantitative estimate of drug-likeness (QED) is 0.474. The van der Waals surface area contributed by atoms with Crippen molar-refractivity contribution in [2.75, 3.05) is 19.5 Å². The number of benzene rings is 1. The third-order valence-electron chi connectivity index (χ3n) is 4.44. The molecule has 1 aromatic carbocycles. The summed E-state index contributed by atoms with van der Waals surface area (Å²) in [4.78, 5) is 21.8. The number of ether oxygens (including phenoxy) is 2. The number of hydrogen-bond acceptors (Lipinski definition) is 6. The van der Waals surface area contributed by atoms with Crippen LogP contribution in [0.15, 0.2) is 58.6 Å². The van der Waals surface area contributed by atoms with E-state index in [1.54, 1.807) is 24.1 Å². The van der Waals surface area contributed by atoms with E-state index in [0.717, 1.165) is 23.6 Å². The molecular weight excluding hydrogens is 410 g/mol. The molecule has 0 radical (unpaired) electrons. The predicted molar refractivity (Wildman–Crippen MR) is 125 cm³/mol. The van der Waals surface area contributed by atoms with Crippen LogP contribution in [0, 0.1) is 12.3 Å². The average molecular weight is 440 g/mol. The Kier molecular flexibility index (Phi) is 7.38. The summed E-state index contributed by atoms with van der Waals surface area (Å²) >= 11 is 1.44. The van der Waals surface area contributed by atoms with E-state index >= 15 is 0 Å². The van der Waals surface area contributed by atoms with Crippen molar-refractivity contribution in [3.8, 4) is 17.2 Å². The summed E-state index contributed by atoms with van der Waals surface area (Å²) in [5.74, 6) is 1.97. The number of rotatable bonds is 8. The third kappa shape index (κ3) is 6.34. The zero-order valence-electron chi connectivity index (χ0n) is 18.7. The zero-order valence-corrected chi connectivity index (χ0v) is 19.5. The number of aryl methyl sites for hydroxylation is 2. The largest absolute Gasteiger partial charge is 0.493 e. The first-order valence-corrected chi connectivity index (χ1v) is 11.2. The summed E-state index contributed by atoms with van der Waals surface area (Å²) in [6.45, 7) is 8.87. The van der Waals surface area contributed by atoms with Gasteiger partial charge in [0.1, 0.15) is 0 Å². The molecule has 0 aliphatic rings. The fourth-order valence-electron chi connectivity index (χ4n) is 2.91. The molecule has 0 spiro atoms. The van der Waals surface area contributed by atoms with E-state index in [2.05, 4.69) is 30.7 Å². The van der Waals surface area contributed by atoms with Gasteiger partial charge in [-0.3, -0.25) is 14.3 Å². The molecule has 0 unspecified atom stereocenters. The standard InChI is InChI=1S/C24H29N3O3S/c1-17-7-6-8-18(26-17)11-14-31-22-23(28)27(13-12-25-22)19-9-10-20(21(15-19)29-5)30-16-24(2,3)4/h6-10,12-13,15H,11,14,16H2,1-5H3.